The number of nitrogens with one attached hydrogen (secondary N) is 1. The van der Waals surface area contributed by atoms with Crippen LogP contribution in [0.5, 0.6) is 0 Å². The largest absolute Gasteiger partial charge is 0.395 e. The molecule has 1 rings (SSSR count). The number of benzene rings is 1. The van der Waals surface area contributed by atoms with E-state index in [2.05, 4.69) is 31.3 Å². The Hall–Kier alpha value is -0.860. The lowest BCUT2D eigenvalue weighted by atomic mass is 10.0. The predicted octanol–water partition coefficient (Wildman–Crippen LogP) is 2.03. The molecule has 0 unspecified atom stereocenters. The Kier molecular flexibility index (Phi) is 4.11. The highest BCUT2D eigenvalue weighted by Gasteiger charge is 2.09. The van der Waals surface area contributed by atoms with Crippen molar-refractivity contribution in [1.29, 1.82) is 0 Å². The summed E-state index contributed by atoms with van der Waals surface area (Å²) in [5, 5.41) is 12.3. The van der Waals surface area contributed by atoms with Gasteiger partial charge >= 0.3 is 0 Å². The third-order valence-corrected chi connectivity index (χ3v) is 2.46. The van der Waals surface area contributed by atoms with Gasteiger partial charge in [-0.2, -0.15) is 0 Å². The van der Waals surface area contributed by atoms with Crippen LogP contribution in [-0.2, 0) is 0 Å². The first kappa shape index (κ1) is 11.2. The zero-order chi connectivity index (χ0) is 10.6. The van der Waals surface area contributed by atoms with E-state index in [0.717, 1.165) is 0 Å². The quantitative estimate of drug-likeness (QED) is 0.767. The minimum absolute atomic E-state index is 0.143. The molecule has 0 aliphatic carbocycles. The molecular formula is C12H19NO. The molecule has 0 radical (unpaired) electrons. The van der Waals surface area contributed by atoms with Crippen LogP contribution in [0.2, 0.25) is 0 Å². The highest BCUT2D eigenvalue weighted by atomic mass is 16.3. The molecule has 0 spiro atoms. The van der Waals surface area contributed by atoms with Crippen molar-refractivity contribution in [3.63, 3.8) is 0 Å². The number of rotatable bonds is 4. The van der Waals surface area contributed by atoms with Gasteiger partial charge in [0.2, 0.25) is 0 Å². The number of hydrogen-bond acceptors (Lipinski definition) is 2. The zero-order valence-electron chi connectivity index (χ0n) is 9.12. The maximum atomic E-state index is 8.94. The molecule has 0 aromatic heterocycles. The van der Waals surface area contributed by atoms with Crippen molar-refractivity contribution in [2.24, 2.45) is 0 Å². The van der Waals surface area contributed by atoms with Gasteiger partial charge in [-0.3, -0.25) is 0 Å². The third kappa shape index (κ3) is 2.82. The van der Waals surface area contributed by atoms with Gasteiger partial charge in [0.1, 0.15) is 0 Å². The van der Waals surface area contributed by atoms with E-state index in [1.807, 2.05) is 19.1 Å². The molecule has 2 nitrogen and oxygen atoms in total. The molecule has 0 aliphatic rings. The van der Waals surface area contributed by atoms with Gasteiger partial charge in [0.25, 0.3) is 0 Å². The topological polar surface area (TPSA) is 32.3 Å². The lowest BCUT2D eigenvalue weighted by molar-refractivity contribution is 0.243. The van der Waals surface area contributed by atoms with E-state index in [-0.39, 0.29) is 12.6 Å². The van der Waals surface area contributed by atoms with Gasteiger partial charge in [0.05, 0.1) is 6.61 Å². The van der Waals surface area contributed by atoms with Crippen molar-refractivity contribution in [2.75, 3.05) is 6.61 Å². The summed E-state index contributed by atoms with van der Waals surface area (Å²) in [4.78, 5) is 0. The average molecular weight is 193 g/mol. The van der Waals surface area contributed by atoms with Crippen molar-refractivity contribution >= 4 is 0 Å². The van der Waals surface area contributed by atoms with Crippen molar-refractivity contribution in [1.82, 2.24) is 5.32 Å². The zero-order valence-corrected chi connectivity index (χ0v) is 9.12. The standard InChI is InChI=1S/C12H19NO/c1-9-6-4-5-7-12(9)11(3)13-10(2)8-14/h4-7,10-11,13-14H,8H2,1-3H3/t10-,11-/m1/s1. The minimum atomic E-state index is 0.143. The fourth-order valence-electron chi connectivity index (χ4n) is 1.64. The molecule has 2 N–H and O–H groups in total. The summed E-state index contributed by atoms with van der Waals surface area (Å²) in [6, 6.07) is 8.75. The summed E-state index contributed by atoms with van der Waals surface area (Å²) in [7, 11) is 0. The van der Waals surface area contributed by atoms with Crippen molar-refractivity contribution in [3.8, 4) is 0 Å². The number of aliphatic hydroxyl groups is 1. The second kappa shape index (κ2) is 5.13. The van der Waals surface area contributed by atoms with Crippen LogP contribution in [0, 0.1) is 6.92 Å². The Balaban J connectivity index is 2.69. The lowest BCUT2D eigenvalue weighted by Crippen LogP contribution is -2.32. The molecule has 78 valence electrons. The molecule has 0 saturated heterocycles. The highest BCUT2D eigenvalue weighted by molar-refractivity contribution is 5.28. The summed E-state index contributed by atoms with van der Waals surface area (Å²) in [6.45, 7) is 6.39. The maximum Gasteiger partial charge on any atom is 0.0582 e. The Morgan fingerprint density at radius 3 is 2.50 bits per heavy atom. The molecule has 2 atom stereocenters. The molecule has 0 amide bonds. The predicted molar refractivity (Wildman–Crippen MR) is 59.3 cm³/mol. The molecule has 2 heteroatoms. The normalized spacial score (nSPS) is 15.1. The molecule has 0 heterocycles. The van der Waals surface area contributed by atoms with E-state index in [0.29, 0.717) is 6.04 Å². The van der Waals surface area contributed by atoms with E-state index in [4.69, 9.17) is 5.11 Å². The summed E-state index contributed by atoms with van der Waals surface area (Å²) >= 11 is 0. The Labute approximate surface area is 86.0 Å². The van der Waals surface area contributed by atoms with Gasteiger partial charge in [-0.05, 0) is 31.9 Å². The average Bonchev–Trinajstić information content (AvgIpc) is 2.18. The van der Waals surface area contributed by atoms with Gasteiger partial charge in [0, 0.05) is 12.1 Å². The van der Waals surface area contributed by atoms with Crippen LogP contribution in [0.15, 0.2) is 24.3 Å². The Bertz CT molecular complexity index is 285. The minimum Gasteiger partial charge on any atom is -0.395 e. The molecule has 0 bridgehead atoms. The summed E-state index contributed by atoms with van der Waals surface area (Å²) < 4.78 is 0. The fourth-order valence-corrected chi connectivity index (χ4v) is 1.64. The Morgan fingerprint density at radius 1 is 1.29 bits per heavy atom. The van der Waals surface area contributed by atoms with Crippen LogP contribution in [0.4, 0.5) is 0 Å². The summed E-state index contributed by atoms with van der Waals surface area (Å²) in [5.74, 6) is 0. The van der Waals surface area contributed by atoms with E-state index in [1.54, 1.807) is 0 Å². The van der Waals surface area contributed by atoms with Crippen LogP contribution in [0.1, 0.15) is 31.0 Å². The molecule has 0 saturated carbocycles. The number of aryl methyl sites for hydroxylation is 1. The van der Waals surface area contributed by atoms with E-state index < -0.39 is 0 Å². The van der Waals surface area contributed by atoms with Gasteiger partial charge in [0.15, 0.2) is 0 Å². The van der Waals surface area contributed by atoms with E-state index >= 15 is 0 Å². The van der Waals surface area contributed by atoms with E-state index in [1.165, 1.54) is 11.1 Å². The molecule has 1 aromatic carbocycles. The first-order valence-electron chi connectivity index (χ1n) is 5.07. The molecule has 14 heavy (non-hydrogen) atoms. The lowest BCUT2D eigenvalue weighted by Gasteiger charge is -2.20. The SMILES string of the molecule is Cc1ccccc1[C@@H](C)N[C@H](C)CO. The van der Waals surface area contributed by atoms with Crippen LogP contribution < -0.4 is 5.32 Å². The second-order valence-electron chi connectivity index (χ2n) is 3.83. The van der Waals surface area contributed by atoms with Crippen LogP contribution in [0.3, 0.4) is 0 Å². The van der Waals surface area contributed by atoms with Crippen LogP contribution >= 0.6 is 0 Å². The van der Waals surface area contributed by atoms with Crippen LogP contribution in [0.25, 0.3) is 0 Å². The molecular weight excluding hydrogens is 174 g/mol. The van der Waals surface area contributed by atoms with Crippen molar-refractivity contribution in [2.45, 2.75) is 32.9 Å². The van der Waals surface area contributed by atoms with E-state index in [9.17, 15) is 0 Å². The second-order valence-corrected chi connectivity index (χ2v) is 3.83. The number of hydrogen-bond donors (Lipinski definition) is 2. The summed E-state index contributed by atoms with van der Waals surface area (Å²) in [5.41, 5.74) is 2.59. The fraction of sp³-hybridized carbons (Fsp3) is 0.500. The van der Waals surface area contributed by atoms with Crippen molar-refractivity contribution in [3.05, 3.63) is 35.4 Å². The van der Waals surface area contributed by atoms with Crippen molar-refractivity contribution < 1.29 is 5.11 Å². The summed E-state index contributed by atoms with van der Waals surface area (Å²) in [6.07, 6.45) is 0. The van der Waals surface area contributed by atoms with Gasteiger partial charge in [-0.1, -0.05) is 24.3 Å². The highest BCUT2D eigenvalue weighted by Crippen LogP contribution is 2.16. The van der Waals surface area contributed by atoms with Gasteiger partial charge in [-0.25, -0.2) is 0 Å². The monoisotopic (exact) mass is 193 g/mol. The smallest absolute Gasteiger partial charge is 0.0582 e. The molecule has 0 fully saturated rings. The Morgan fingerprint density at radius 2 is 1.93 bits per heavy atom. The molecule has 0 aliphatic heterocycles. The third-order valence-electron chi connectivity index (χ3n) is 2.46. The molecule has 1 aromatic rings. The number of aliphatic hydroxyl groups excluding tert-OH is 1. The first-order valence-corrected chi connectivity index (χ1v) is 5.07. The van der Waals surface area contributed by atoms with Gasteiger partial charge in [-0.15, -0.1) is 0 Å². The first-order chi connectivity index (χ1) is 6.65. The maximum absolute atomic E-state index is 8.94. The van der Waals surface area contributed by atoms with Gasteiger partial charge < -0.3 is 10.4 Å². The van der Waals surface area contributed by atoms with Crippen LogP contribution in [-0.4, -0.2) is 17.8 Å².